The van der Waals surface area contributed by atoms with Gasteiger partial charge >= 0.3 is 6.03 Å². The molecular formula is C37H36N4O4S. The fourth-order valence-corrected chi connectivity index (χ4v) is 6.12. The van der Waals surface area contributed by atoms with E-state index in [1.54, 1.807) is 30.2 Å². The van der Waals surface area contributed by atoms with E-state index >= 15 is 0 Å². The van der Waals surface area contributed by atoms with Crippen LogP contribution in [-0.4, -0.2) is 33.0 Å². The number of nitrogens with zero attached hydrogens (tertiary/aromatic N) is 2. The SMILES string of the molecule is O=C(NCc1ccccc1)NCc1cccc(-c2cccc([C@@H]3O[C@H](CSc4ncccn4)C[C@H](c4ccc(CO)cc4)O3)c2)c1. The summed E-state index contributed by atoms with van der Waals surface area (Å²) in [5.74, 6) is 0.683. The first kappa shape index (κ1) is 31.4. The summed E-state index contributed by atoms with van der Waals surface area (Å²) in [5.41, 5.74) is 6.92. The third kappa shape index (κ3) is 8.58. The average molecular weight is 633 g/mol. The Kier molecular flexibility index (Phi) is 10.7. The number of benzene rings is 4. The zero-order valence-corrected chi connectivity index (χ0v) is 26.1. The van der Waals surface area contributed by atoms with Crippen LogP contribution < -0.4 is 10.6 Å². The quantitative estimate of drug-likeness (QED) is 0.107. The molecule has 4 aromatic carbocycles. The zero-order valence-electron chi connectivity index (χ0n) is 25.3. The number of rotatable bonds is 11. The number of urea groups is 1. The Bertz CT molecular complexity index is 1710. The molecule has 0 spiro atoms. The van der Waals surface area contributed by atoms with Crippen molar-refractivity contribution in [3.8, 4) is 11.1 Å². The van der Waals surface area contributed by atoms with Gasteiger partial charge in [-0.25, -0.2) is 14.8 Å². The lowest BCUT2D eigenvalue weighted by molar-refractivity contribution is -0.245. The molecule has 3 atom stereocenters. The van der Waals surface area contributed by atoms with Crippen molar-refractivity contribution in [2.75, 3.05) is 5.75 Å². The van der Waals surface area contributed by atoms with Gasteiger partial charge in [-0.2, -0.15) is 0 Å². The highest BCUT2D eigenvalue weighted by molar-refractivity contribution is 7.99. The van der Waals surface area contributed by atoms with E-state index in [1.165, 1.54) is 0 Å². The largest absolute Gasteiger partial charge is 0.392 e. The molecule has 1 saturated heterocycles. The predicted molar refractivity (Wildman–Crippen MR) is 179 cm³/mol. The highest BCUT2D eigenvalue weighted by Gasteiger charge is 2.32. The summed E-state index contributed by atoms with van der Waals surface area (Å²) < 4.78 is 13.1. The van der Waals surface area contributed by atoms with Crippen LogP contribution in [0.1, 0.15) is 46.6 Å². The zero-order chi connectivity index (χ0) is 31.6. The maximum atomic E-state index is 12.4. The molecule has 0 aliphatic carbocycles. The van der Waals surface area contributed by atoms with Crippen LogP contribution in [0.15, 0.2) is 127 Å². The van der Waals surface area contributed by atoms with Gasteiger partial charge in [0.15, 0.2) is 11.4 Å². The highest BCUT2D eigenvalue weighted by Crippen LogP contribution is 2.40. The summed E-state index contributed by atoms with van der Waals surface area (Å²) >= 11 is 1.57. The number of aromatic nitrogens is 2. The molecule has 46 heavy (non-hydrogen) atoms. The molecule has 2 heterocycles. The van der Waals surface area contributed by atoms with Crippen LogP contribution >= 0.6 is 11.8 Å². The Morgan fingerprint density at radius 2 is 1.43 bits per heavy atom. The van der Waals surface area contributed by atoms with E-state index in [0.717, 1.165) is 38.9 Å². The van der Waals surface area contributed by atoms with Crippen molar-refractivity contribution in [3.05, 3.63) is 149 Å². The lowest BCUT2D eigenvalue weighted by Crippen LogP contribution is -2.34. The van der Waals surface area contributed by atoms with Gasteiger partial charge in [-0.1, -0.05) is 103 Å². The van der Waals surface area contributed by atoms with Crippen molar-refractivity contribution in [1.82, 2.24) is 20.6 Å². The Morgan fingerprint density at radius 3 is 2.20 bits per heavy atom. The molecule has 9 heteroatoms. The number of hydrogen-bond donors (Lipinski definition) is 3. The minimum absolute atomic E-state index is 0.000604. The monoisotopic (exact) mass is 632 g/mol. The predicted octanol–water partition coefficient (Wildman–Crippen LogP) is 6.97. The Hall–Kier alpha value is -4.54. The van der Waals surface area contributed by atoms with Crippen LogP contribution in [0.25, 0.3) is 11.1 Å². The number of aliphatic hydroxyl groups excluding tert-OH is 1. The van der Waals surface area contributed by atoms with Crippen molar-refractivity contribution in [3.63, 3.8) is 0 Å². The van der Waals surface area contributed by atoms with Gasteiger partial charge in [0.2, 0.25) is 0 Å². The van der Waals surface area contributed by atoms with Gasteiger partial charge in [0.25, 0.3) is 0 Å². The molecule has 8 nitrogen and oxygen atoms in total. The van der Waals surface area contributed by atoms with E-state index in [0.29, 0.717) is 30.4 Å². The molecule has 2 amide bonds. The maximum Gasteiger partial charge on any atom is 0.315 e. The summed E-state index contributed by atoms with van der Waals surface area (Å²) in [5, 5.41) is 16.1. The minimum Gasteiger partial charge on any atom is -0.392 e. The molecule has 234 valence electrons. The van der Waals surface area contributed by atoms with E-state index in [2.05, 4.69) is 44.9 Å². The summed E-state index contributed by atoms with van der Waals surface area (Å²) in [6.45, 7) is 0.878. The molecule has 3 N–H and O–H groups in total. The van der Waals surface area contributed by atoms with E-state index < -0.39 is 6.29 Å². The second-order valence-corrected chi connectivity index (χ2v) is 12.0. The first-order chi connectivity index (χ1) is 22.6. The molecular weight excluding hydrogens is 596 g/mol. The molecule has 0 bridgehead atoms. The number of hydrogen-bond acceptors (Lipinski definition) is 7. The second kappa shape index (κ2) is 15.6. The van der Waals surface area contributed by atoms with Crippen molar-refractivity contribution in [2.24, 2.45) is 0 Å². The first-order valence-electron chi connectivity index (χ1n) is 15.3. The maximum absolute atomic E-state index is 12.4. The number of amides is 2. The highest BCUT2D eigenvalue weighted by atomic mass is 32.2. The fourth-order valence-electron chi connectivity index (χ4n) is 5.30. The number of carbonyl (C=O) groups is 1. The molecule has 6 rings (SSSR count). The third-order valence-corrected chi connectivity index (χ3v) is 8.73. The van der Waals surface area contributed by atoms with E-state index in [9.17, 15) is 9.90 Å². The molecule has 1 fully saturated rings. The topological polar surface area (TPSA) is 106 Å². The summed E-state index contributed by atoms with van der Waals surface area (Å²) in [6, 6.07) is 35.7. The van der Waals surface area contributed by atoms with Crippen molar-refractivity contribution in [1.29, 1.82) is 0 Å². The molecule has 1 aliphatic rings. The second-order valence-electron chi connectivity index (χ2n) is 11.0. The molecule has 5 aromatic rings. The van der Waals surface area contributed by atoms with E-state index in [1.807, 2.05) is 78.9 Å². The lowest BCUT2D eigenvalue weighted by atomic mass is 9.99. The van der Waals surface area contributed by atoms with Crippen molar-refractivity contribution < 1.29 is 19.4 Å². The van der Waals surface area contributed by atoms with Crippen LogP contribution in [0.4, 0.5) is 4.79 Å². The molecule has 1 aliphatic heterocycles. The van der Waals surface area contributed by atoms with Gasteiger partial charge in [0.1, 0.15) is 0 Å². The molecule has 0 saturated carbocycles. The van der Waals surface area contributed by atoms with Crippen LogP contribution in [0.3, 0.4) is 0 Å². The number of aliphatic hydroxyl groups is 1. The number of carbonyl (C=O) groups excluding carboxylic acids is 1. The van der Waals surface area contributed by atoms with Gasteiger partial charge in [-0.05, 0) is 51.6 Å². The smallest absolute Gasteiger partial charge is 0.315 e. The fraction of sp³-hybridized carbons (Fsp3) is 0.216. The Balaban J connectivity index is 1.15. The van der Waals surface area contributed by atoms with Gasteiger partial charge in [0, 0.05) is 43.2 Å². The van der Waals surface area contributed by atoms with Gasteiger partial charge in [-0.3, -0.25) is 0 Å². The minimum atomic E-state index is -0.573. The summed E-state index contributed by atoms with van der Waals surface area (Å²) in [6.07, 6.45) is 3.32. The van der Waals surface area contributed by atoms with E-state index in [4.69, 9.17) is 9.47 Å². The van der Waals surface area contributed by atoms with Crippen LogP contribution in [0.5, 0.6) is 0 Å². The van der Waals surface area contributed by atoms with Gasteiger partial charge in [0.05, 0.1) is 18.8 Å². The van der Waals surface area contributed by atoms with Gasteiger partial charge in [-0.15, -0.1) is 0 Å². The summed E-state index contributed by atoms with van der Waals surface area (Å²) in [7, 11) is 0. The molecule has 1 aromatic heterocycles. The van der Waals surface area contributed by atoms with Crippen LogP contribution in [-0.2, 0) is 29.2 Å². The van der Waals surface area contributed by atoms with Crippen LogP contribution in [0.2, 0.25) is 0 Å². The number of thioether (sulfide) groups is 1. The molecule has 0 radical (unpaired) electrons. The third-order valence-electron chi connectivity index (χ3n) is 7.72. The lowest BCUT2D eigenvalue weighted by Gasteiger charge is -2.36. The van der Waals surface area contributed by atoms with Crippen molar-refractivity contribution >= 4 is 17.8 Å². The first-order valence-corrected chi connectivity index (χ1v) is 16.3. The standard InChI is InChI=1S/C37H36N4O4S/c42-24-27-13-15-29(16-14-27)34-21-33(25-46-37-38-17-6-18-39-37)44-35(45-34)32-12-5-11-31(20-32)30-10-4-9-28(19-30)23-41-36(43)40-22-26-7-2-1-3-8-26/h1-20,33-35,42H,21-25H2,(H2,40,41,43)/t33-,34+,35+/m0/s1. The van der Waals surface area contributed by atoms with Crippen LogP contribution in [0, 0.1) is 0 Å². The van der Waals surface area contributed by atoms with Crippen molar-refractivity contribution in [2.45, 2.75) is 49.8 Å². The van der Waals surface area contributed by atoms with E-state index in [-0.39, 0.29) is 24.8 Å². The van der Waals surface area contributed by atoms with Gasteiger partial charge < -0.3 is 25.2 Å². The normalized spacial score (nSPS) is 17.7. The average Bonchev–Trinajstić information content (AvgIpc) is 3.13. The number of nitrogens with one attached hydrogen (secondary N) is 2. The Labute approximate surface area is 273 Å². The molecule has 0 unspecified atom stereocenters. The Morgan fingerprint density at radius 1 is 0.739 bits per heavy atom. The summed E-state index contributed by atoms with van der Waals surface area (Å²) in [4.78, 5) is 21.1. The number of ether oxygens (including phenoxy) is 2.